The van der Waals surface area contributed by atoms with Gasteiger partial charge >= 0.3 is 0 Å². The third-order valence-electron chi connectivity index (χ3n) is 2.83. The van der Waals surface area contributed by atoms with Gasteiger partial charge in [0.1, 0.15) is 17.9 Å². The van der Waals surface area contributed by atoms with Gasteiger partial charge in [0.05, 0.1) is 6.10 Å². The van der Waals surface area contributed by atoms with Gasteiger partial charge in [0.25, 0.3) is 0 Å². The standard InChI is InChI=1S/C15H22N4O/c1-12(2)20-14-6-3-5-13(9-14)10-16-8-4-7-15-17-11-18-19-15/h3,5-6,9,11-12,16H,4,7-8,10H2,1-2H3,(H,17,18,19). The minimum absolute atomic E-state index is 0.208. The van der Waals surface area contributed by atoms with E-state index in [1.807, 2.05) is 26.0 Å². The number of H-pyrrole nitrogens is 1. The summed E-state index contributed by atoms with van der Waals surface area (Å²) in [5.41, 5.74) is 1.24. The number of hydrogen-bond donors (Lipinski definition) is 2. The average Bonchev–Trinajstić information content (AvgIpc) is 2.91. The van der Waals surface area contributed by atoms with Crippen LogP contribution >= 0.6 is 0 Å². The number of benzene rings is 1. The quantitative estimate of drug-likeness (QED) is 0.725. The molecule has 0 bridgehead atoms. The molecule has 2 aromatic rings. The number of rotatable bonds is 8. The van der Waals surface area contributed by atoms with Crippen molar-refractivity contribution in [3.05, 3.63) is 42.0 Å². The molecule has 0 aliphatic rings. The Bertz CT molecular complexity index is 496. The van der Waals surface area contributed by atoms with Crippen LogP contribution in [-0.4, -0.2) is 27.8 Å². The van der Waals surface area contributed by atoms with Gasteiger partial charge in [-0.05, 0) is 44.5 Å². The molecule has 0 fully saturated rings. The number of aromatic nitrogens is 3. The summed E-state index contributed by atoms with van der Waals surface area (Å²) in [6, 6.07) is 8.22. The summed E-state index contributed by atoms with van der Waals surface area (Å²) in [6.07, 6.45) is 3.71. The molecule has 0 spiro atoms. The third-order valence-corrected chi connectivity index (χ3v) is 2.83. The third kappa shape index (κ3) is 5.01. The van der Waals surface area contributed by atoms with Crippen LogP contribution in [0.15, 0.2) is 30.6 Å². The van der Waals surface area contributed by atoms with E-state index in [-0.39, 0.29) is 6.10 Å². The number of nitrogens with one attached hydrogen (secondary N) is 2. The first-order valence-corrected chi connectivity index (χ1v) is 7.04. The van der Waals surface area contributed by atoms with Crippen molar-refractivity contribution >= 4 is 0 Å². The molecule has 0 amide bonds. The Labute approximate surface area is 119 Å². The van der Waals surface area contributed by atoms with Crippen LogP contribution in [-0.2, 0) is 13.0 Å². The van der Waals surface area contributed by atoms with Crippen molar-refractivity contribution in [3.63, 3.8) is 0 Å². The highest BCUT2D eigenvalue weighted by molar-refractivity contribution is 5.28. The van der Waals surface area contributed by atoms with Crippen molar-refractivity contribution in [3.8, 4) is 5.75 Å². The second-order valence-corrected chi connectivity index (χ2v) is 5.03. The van der Waals surface area contributed by atoms with Gasteiger partial charge < -0.3 is 10.1 Å². The zero-order valence-corrected chi connectivity index (χ0v) is 12.1. The molecule has 2 rings (SSSR count). The van der Waals surface area contributed by atoms with Crippen molar-refractivity contribution < 1.29 is 4.74 Å². The lowest BCUT2D eigenvalue weighted by Crippen LogP contribution is -2.15. The van der Waals surface area contributed by atoms with E-state index in [0.29, 0.717) is 0 Å². The summed E-state index contributed by atoms with van der Waals surface area (Å²) in [5, 5.41) is 10.1. The van der Waals surface area contributed by atoms with E-state index >= 15 is 0 Å². The highest BCUT2D eigenvalue weighted by Gasteiger charge is 2.00. The maximum absolute atomic E-state index is 5.68. The molecule has 0 saturated carbocycles. The van der Waals surface area contributed by atoms with E-state index in [1.54, 1.807) is 6.33 Å². The molecule has 1 aromatic carbocycles. The minimum atomic E-state index is 0.208. The van der Waals surface area contributed by atoms with Crippen LogP contribution in [0.5, 0.6) is 5.75 Å². The SMILES string of the molecule is CC(C)Oc1cccc(CNCCCc2ncn[nH]2)c1. The molecule has 1 heterocycles. The lowest BCUT2D eigenvalue weighted by molar-refractivity contribution is 0.242. The first kappa shape index (κ1) is 14.5. The Balaban J connectivity index is 1.68. The first-order chi connectivity index (χ1) is 9.74. The van der Waals surface area contributed by atoms with E-state index in [1.165, 1.54) is 5.56 Å². The molecular weight excluding hydrogens is 252 g/mol. The molecule has 5 nitrogen and oxygen atoms in total. The Morgan fingerprint density at radius 2 is 2.25 bits per heavy atom. The molecule has 5 heteroatoms. The van der Waals surface area contributed by atoms with Crippen LogP contribution in [0.3, 0.4) is 0 Å². The molecule has 0 unspecified atom stereocenters. The molecule has 1 aromatic heterocycles. The van der Waals surface area contributed by atoms with Gasteiger partial charge in [0.15, 0.2) is 0 Å². The molecule has 0 saturated heterocycles. The maximum Gasteiger partial charge on any atom is 0.137 e. The molecule has 2 N–H and O–H groups in total. The van der Waals surface area contributed by atoms with Gasteiger partial charge in [-0.3, -0.25) is 5.10 Å². The van der Waals surface area contributed by atoms with Crippen LogP contribution in [0, 0.1) is 0 Å². The summed E-state index contributed by atoms with van der Waals surface area (Å²) in [6.45, 7) is 5.88. The molecule has 0 aliphatic carbocycles. The fourth-order valence-corrected chi connectivity index (χ4v) is 1.97. The number of ether oxygens (including phenoxy) is 1. The van der Waals surface area contributed by atoms with Crippen molar-refractivity contribution in [2.45, 2.75) is 39.3 Å². The Kier molecular flexibility index (Phi) is 5.55. The summed E-state index contributed by atoms with van der Waals surface area (Å²) in [7, 11) is 0. The lowest BCUT2D eigenvalue weighted by Gasteiger charge is -2.11. The normalized spacial score (nSPS) is 10.9. The van der Waals surface area contributed by atoms with E-state index in [0.717, 1.165) is 37.5 Å². The molecule has 20 heavy (non-hydrogen) atoms. The van der Waals surface area contributed by atoms with Crippen LogP contribution in [0.1, 0.15) is 31.7 Å². The van der Waals surface area contributed by atoms with Crippen molar-refractivity contribution in [2.24, 2.45) is 0 Å². The van der Waals surface area contributed by atoms with Gasteiger partial charge in [0, 0.05) is 13.0 Å². The first-order valence-electron chi connectivity index (χ1n) is 7.04. The smallest absolute Gasteiger partial charge is 0.137 e. The summed E-state index contributed by atoms with van der Waals surface area (Å²) in [5.74, 6) is 1.88. The molecule has 0 aliphatic heterocycles. The Hall–Kier alpha value is -1.88. The fourth-order valence-electron chi connectivity index (χ4n) is 1.97. The average molecular weight is 274 g/mol. The van der Waals surface area contributed by atoms with Crippen LogP contribution in [0.4, 0.5) is 0 Å². The molecule has 0 atom stereocenters. The second kappa shape index (κ2) is 7.65. The van der Waals surface area contributed by atoms with Crippen molar-refractivity contribution in [2.75, 3.05) is 6.54 Å². The minimum Gasteiger partial charge on any atom is -0.491 e. The highest BCUT2D eigenvalue weighted by atomic mass is 16.5. The predicted molar refractivity (Wildman–Crippen MR) is 78.6 cm³/mol. The molecule has 0 radical (unpaired) electrons. The van der Waals surface area contributed by atoms with Crippen LogP contribution in [0.2, 0.25) is 0 Å². The van der Waals surface area contributed by atoms with E-state index in [2.05, 4.69) is 32.6 Å². The van der Waals surface area contributed by atoms with Crippen LogP contribution in [0.25, 0.3) is 0 Å². The van der Waals surface area contributed by atoms with Gasteiger partial charge in [-0.2, -0.15) is 5.10 Å². The fraction of sp³-hybridized carbons (Fsp3) is 0.467. The maximum atomic E-state index is 5.68. The molecular formula is C15H22N4O. The monoisotopic (exact) mass is 274 g/mol. The van der Waals surface area contributed by atoms with E-state index in [9.17, 15) is 0 Å². The second-order valence-electron chi connectivity index (χ2n) is 5.03. The lowest BCUT2D eigenvalue weighted by atomic mass is 10.2. The van der Waals surface area contributed by atoms with Gasteiger partial charge in [0.2, 0.25) is 0 Å². The highest BCUT2D eigenvalue weighted by Crippen LogP contribution is 2.14. The molecule has 108 valence electrons. The van der Waals surface area contributed by atoms with E-state index < -0.39 is 0 Å². The summed E-state index contributed by atoms with van der Waals surface area (Å²) >= 11 is 0. The van der Waals surface area contributed by atoms with Gasteiger partial charge in [-0.1, -0.05) is 12.1 Å². The zero-order valence-electron chi connectivity index (χ0n) is 12.1. The van der Waals surface area contributed by atoms with Gasteiger partial charge in [-0.15, -0.1) is 0 Å². The van der Waals surface area contributed by atoms with Crippen LogP contribution < -0.4 is 10.1 Å². The number of hydrogen-bond acceptors (Lipinski definition) is 4. The number of aromatic amines is 1. The topological polar surface area (TPSA) is 62.8 Å². The summed E-state index contributed by atoms with van der Waals surface area (Å²) in [4.78, 5) is 4.10. The predicted octanol–water partition coefficient (Wildman–Crippen LogP) is 2.31. The Morgan fingerprint density at radius 3 is 3.00 bits per heavy atom. The zero-order chi connectivity index (χ0) is 14.2. The largest absolute Gasteiger partial charge is 0.491 e. The number of aryl methyl sites for hydroxylation is 1. The summed E-state index contributed by atoms with van der Waals surface area (Å²) < 4.78 is 5.68. The Morgan fingerprint density at radius 1 is 1.35 bits per heavy atom. The van der Waals surface area contributed by atoms with Gasteiger partial charge in [-0.25, -0.2) is 4.98 Å². The van der Waals surface area contributed by atoms with Crippen molar-refractivity contribution in [1.82, 2.24) is 20.5 Å². The van der Waals surface area contributed by atoms with E-state index in [4.69, 9.17) is 4.74 Å². The number of nitrogens with zero attached hydrogens (tertiary/aromatic N) is 2. The van der Waals surface area contributed by atoms with Crippen molar-refractivity contribution in [1.29, 1.82) is 0 Å².